The van der Waals surface area contributed by atoms with Crippen molar-refractivity contribution in [1.29, 1.82) is 0 Å². The molecule has 0 aliphatic heterocycles. The van der Waals surface area contributed by atoms with E-state index in [0.29, 0.717) is 6.54 Å². The highest BCUT2D eigenvalue weighted by Crippen LogP contribution is 2.11. The maximum absolute atomic E-state index is 5.86. The molecule has 0 unspecified atom stereocenters. The number of hydrogen-bond donors (Lipinski definition) is 1. The zero-order chi connectivity index (χ0) is 12.1. The molecule has 2 N–H and O–H groups in total. The van der Waals surface area contributed by atoms with Gasteiger partial charge < -0.3 is 10.3 Å². The summed E-state index contributed by atoms with van der Waals surface area (Å²) in [5.41, 5.74) is 8.20. The lowest BCUT2D eigenvalue weighted by Gasteiger charge is -2.08. The van der Waals surface area contributed by atoms with E-state index in [4.69, 9.17) is 17.3 Å². The number of hydrogen-bond acceptors (Lipinski definition) is 1. The van der Waals surface area contributed by atoms with Gasteiger partial charge in [-0.05, 0) is 49.2 Å². The van der Waals surface area contributed by atoms with E-state index in [1.54, 1.807) is 0 Å². The smallest absolute Gasteiger partial charge is 0.0406 e. The summed E-state index contributed by atoms with van der Waals surface area (Å²) in [5, 5.41) is 0.790. The summed E-state index contributed by atoms with van der Waals surface area (Å²) in [6.07, 6.45) is 4.07. The Morgan fingerprint density at radius 2 is 1.82 bits per heavy atom. The number of nitrogens with two attached hydrogens (primary N) is 1. The second-order valence-corrected chi connectivity index (χ2v) is 4.54. The predicted molar refractivity (Wildman–Crippen MR) is 72.3 cm³/mol. The normalized spacial score (nSPS) is 10.7. The second-order valence-electron chi connectivity index (χ2n) is 4.11. The SMILES string of the molecule is NCCc1cccn1CCc1ccc(Cl)cc1. The lowest BCUT2D eigenvalue weighted by Crippen LogP contribution is -2.09. The number of nitrogens with zero attached hydrogens (tertiary/aromatic N) is 1. The summed E-state index contributed by atoms with van der Waals surface area (Å²) < 4.78 is 2.27. The molecule has 1 heterocycles. The number of halogens is 1. The molecule has 0 bridgehead atoms. The molecule has 1 aromatic carbocycles. The van der Waals surface area contributed by atoms with Gasteiger partial charge in [0.25, 0.3) is 0 Å². The van der Waals surface area contributed by atoms with E-state index < -0.39 is 0 Å². The highest BCUT2D eigenvalue weighted by atomic mass is 35.5. The largest absolute Gasteiger partial charge is 0.351 e. The summed E-state index contributed by atoms with van der Waals surface area (Å²) in [5.74, 6) is 0. The van der Waals surface area contributed by atoms with Gasteiger partial charge in [-0.2, -0.15) is 0 Å². The first-order valence-electron chi connectivity index (χ1n) is 5.88. The van der Waals surface area contributed by atoms with Crippen molar-refractivity contribution in [3.63, 3.8) is 0 Å². The van der Waals surface area contributed by atoms with Crippen LogP contribution in [0.15, 0.2) is 42.6 Å². The van der Waals surface area contributed by atoms with Crippen molar-refractivity contribution in [3.05, 3.63) is 58.9 Å². The highest BCUT2D eigenvalue weighted by molar-refractivity contribution is 6.30. The van der Waals surface area contributed by atoms with Crippen LogP contribution < -0.4 is 5.73 Å². The van der Waals surface area contributed by atoms with Crippen LogP contribution in [0.1, 0.15) is 11.3 Å². The van der Waals surface area contributed by atoms with Gasteiger partial charge in [-0.3, -0.25) is 0 Å². The van der Waals surface area contributed by atoms with Crippen molar-refractivity contribution in [1.82, 2.24) is 4.57 Å². The van der Waals surface area contributed by atoms with E-state index in [1.165, 1.54) is 11.3 Å². The Bertz CT molecular complexity index is 459. The number of aryl methyl sites for hydroxylation is 2. The van der Waals surface area contributed by atoms with Gasteiger partial charge in [-0.1, -0.05) is 23.7 Å². The van der Waals surface area contributed by atoms with Gasteiger partial charge in [0.15, 0.2) is 0 Å². The quantitative estimate of drug-likeness (QED) is 0.867. The first kappa shape index (κ1) is 12.2. The van der Waals surface area contributed by atoms with Gasteiger partial charge in [-0.25, -0.2) is 0 Å². The van der Waals surface area contributed by atoms with E-state index >= 15 is 0 Å². The van der Waals surface area contributed by atoms with Crippen molar-refractivity contribution in [2.75, 3.05) is 6.54 Å². The molecule has 0 aliphatic carbocycles. The lowest BCUT2D eigenvalue weighted by molar-refractivity contribution is 0.661. The Labute approximate surface area is 107 Å². The van der Waals surface area contributed by atoms with Crippen molar-refractivity contribution in [2.45, 2.75) is 19.4 Å². The molecule has 0 fully saturated rings. The lowest BCUT2D eigenvalue weighted by atomic mass is 10.1. The fourth-order valence-electron chi connectivity index (χ4n) is 1.94. The van der Waals surface area contributed by atoms with Crippen molar-refractivity contribution in [3.8, 4) is 0 Å². The molecule has 0 saturated carbocycles. The fourth-order valence-corrected chi connectivity index (χ4v) is 2.07. The summed E-state index contributed by atoms with van der Waals surface area (Å²) >= 11 is 5.86. The zero-order valence-corrected chi connectivity index (χ0v) is 10.5. The predicted octanol–water partition coefficient (Wildman–Crippen LogP) is 2.89. The summed E-state index contributed by atoms with van der Waals surface area (Å²) in [7, 11) is 0. The van der Waals surface area contributed by atoms with E-state index in [1.807, 2.05) is 12.1 Å². The Balaban J connectivity index is 1.97. The van der Waals surface area contributed by atoms with E-state index in [0.717, 1.165) is 24.4 Å². The molecule has 90 valence electrons. The van der Waals surface area contributed by atoms with Crippen molar-refractivity contribution >= 4 is 11.6 Å². The molecule has 1 aromatic heterocycles. The Kier molecular flexibility index (Phi) is 4.24. The maximum atomic E-state index is 5.86. The molecule has 3 heteroatoms. The molecular formula is C14H17ClN2. The molecule has 2 nitrogen and oxygen atoms in total. The van der Waals surface area contributed by atoms with E-state index in [2.05, 4.69) is 35.0 Å². The Hall–Kier alpha value is -1.25. The van der Waals surface area contributed by atoms with Gasteiger partial charge in [0, 0.05) is 23.5 Å². The van der Waals surface area contributed by atoms with Crippen LogP contribution in [-0.2, 0) is 19.4 Å². The monoisotopic (exact) mass is 248 g/mol. The fraction of sp³-hybridized carbons (Fsp3) is 0.286. The van der Waals surface area contributed by atoms with Gasteiger partial charge >= 0.3 is 0 Å². The molecule has 0 atom stereocenters. The first-order chi connectivity index (χ1) is 8.29. The van der Waals surface area contributed by atoms with Crippen LogP contribution in [0.2, 0.25) is 5.02 Å². The molecule has 2 rings (SSSR count). The van der Waals surface area contributed by atoms with E-state index in [-0.39, 0.29) is 0 Å². The maximum Gasteiger partial charge on any atom is 0.0406 e. The Morgan fingerprint density at radius 3 is 2.53 bits per heavy atom. The zero-order valence-electron chi connectivity index (χ0n) is 9.77. The standard InChI is InChI=1S/C14H17ClN2/c15-13-5-3-12(4-6-13)8-11-17-10-1-2-14(17)7-9-16/h1-6,10H,7-9,11,16H2. The first-order valence-corrected chi connectivity index (χ1v) is 6.26. The van der Waals surface area contributed by atoms with Crippen LogP contribution in [0.5, 0.6) is 0 Å². The summed E-state index contributed by atoms with van der Waals surface area (Å²) in [6, 6.07) is 12.2. The molecule has 0 saturated heterocycles. The molecule has 2 aromatic rings. The number of aromatic nitrogens is 1. The summed E-state index contributed by atoms with van der Waals surface area (Å²) in [6.45, 7) is 1.69. The van der Waals surface area contributed by atoms with E-state index in [9.17, 15) is 0 Å². The minimum atomic E-state index is 0.699. The molecule has 0 aliphatic rings. The van der Waals surface area contributed by atoms with Crippen LogP contribution in [-0.4, -0.2) is 11.1 Å². The molecule has 0 spiro atoms. The van der Waals surface area contributed by atoms with Crippen LogP contribution in [0.4, 0.5) is 0 Å². The molecule has 17 heavy (non-hydrogen) atoms. The minimum absolute atomic E-state index is 0.699. The molecule has 0 radical (unpaired) electrons. The average molecular weight is 249 g/mol. The van der Waals surface area contributed by atoms with Gasteiger partial charge in [0.05, 0.1) is 0 Å². The highest BCUT2D eigenvalue weighted by Gasteiger charge is 2.00. The summed E-state index contributed by atoms with van der Waals surface area (Å²) in [4.78, 5) is 0. The van der Waals surface area contributed by atoms with Gasteiger partial charge in [0.2, 0.25) is 0 Å². The van der Waals surface area contributed by atoms with Crippen LogP contribution in [0, 0.1) is 0 Å². The van der Waals surface area contributed by atoms with Crippen molar-refractivity contribution in [2.24, 2.45) is 5.73 Å². The number of benzene rings is 1. The van der Waals surface area contributed by atoms with Crippen LogP contribution in [0.25, 0.3) is 0 Å². The van der Waals surface area contributed by atoms with Gasteiger partial charge in [0.1, 0.15) is 0 Å². The molecule has 0 amide bonds. The minimum Gasteiger partial charge on any atom is -0.351 e. The number of rotatable bonds is 5. The topological polar surface area (TPSA) is 30.9 Å². The average Bonchev–Trinajstić information content (AvgIpc) is 2.77. The van der Waals surface area contributed by atoms with Crippen LogP contribution >= 0.6 is 11.6 Å². The third-order valence-corrected chi connectivity index (χ3v) is 3.13. The van der Waals surface area contributed by atoms with Gasteiger partial charge in [-0.15, -0.1) is 0 Å². The van der Waals surface area contributed by atoms with Crippen molar-refractivity contribution < 1.29 is 0 Å². The Morgan fingerprint density at radius 1 is 1.06 bits per heavy atom. The second kappa shape index (κ2) is 5.89. The van der Waals surface area contributed by atoms with Crippen LogP contribution in [0.3, 0.4) is 0 Å². The third-order valence-electron chi connectivity index (χ3n) is 2.88. The third kappa shape index (κ3) is 3.35. The molecular weight excluding hydrogens is 232 g/mol.